The van der Waals surface area contributed by atoms with Gasteiger partial charge in [0, 0.05) is 36.6 Å². The Kier molecular flexibility index (Phi) is 4.61. The number of hydrogen-bond acceptors (Lipinski definition) is 4. The maximum absolute atomic E-state index is 12.1. The van der Waals surface area contributed by atoms with E-state index in [9.17, 15) is 13.2 Å². The Balaban J connectivity index is 2.07. The molecule has 7 heteroatoms. The normalized spacial score (nSPS) is 11.1. The minimum Gasteiger partial charge on any atom is -0.318 e. The van der Waals surface area contributed by atoms with Crippen LogP contribution in [-0.4, -0.2) is 28.5 Å². The molecule has 0 spiro atoms. The minimum absolute atomic E-state index is 0.0509. The molecular weight excluding hydrogens is 326 g/mol. The summed E-state index contributed by atoms with van der Waals surface area (Å²) in [5.74, 6) is 0.0509. The molecular formula is C17H17N3O3S. The first-order valence-corrected chi connectivity index (χ1v) is 8.81. The van der Waals surface area contributed by atoms with E-state index in [1.54, 1.807) is 36.4 Å². The first-order valence-electron chi connectivity index (χ1n) is 7.45. The van der Waals surface area contributed by atoms with Crippen molar-refractivity contribution in [3.63, 3.8) is 0 Å². The minimum atomic E-state index is -2.43. The second-order valence-electron chi connectivity index (χ2n) is 5.46. The summed E-state index contributed by atoms with van der Waals surface area (Å²) in [7, 11) is -0.726. The van der Waals surface area contributed by atoms with E-state index in [0.29, 0.717) is 6.54 Å². The van der Waals surface area contributed by atoms with E-state index in [1.165, 1.54) is 4.57 Å². The van der Waals surface area contributed by atoms with Gasteiger partial charge in [-0.2, -0.15) is 5.10 Å². The number of pyridine rings is 1. The second-order valence-corrected chi connectivity index (χ2v) is 6.58. The molecule has 0 aliphatic heterocycles. The van der Waals surface area contributed by atoms with Gasteiger partial charge in [-0.1, -0.05) is 30.3 Å². The number of benzene rings is 1. The van der Waals surface area contributed by atoms with Gasteiger partial charge in [-0.05, 0) is 11.1 Å². The molecule has 0 amide bonds. The highest BCUT2D eigenvalue weighted by Crippen LogP contribution is 2.30. The monoisotopic (exact) mass is 343 g/mol. The number of nitrogens with zero attached hydrogens (tertiary/aromatic N) is 3. The molecule has 1 aromatic carbocycles. The van der Waals surface area contributed by atoms with Crippen LogP contribution in [0.15, 0.2) is 59.8 Å². The lowest BCUT2D eigenvalue weighted by atomic mass is 9.98. The maximum atomic E-state index is 12.1. The Morgan fingerprint density at radius 2 is 1.79 bits per heavy atom. The third-order valence-electron chi connectivity index (χ3n) is 3.77. The average molecular weight is 343 g/mol. The topological polar surface area (TPSA) is 74.0 Å². The summed E-state index contributed by atoms with van der Waals surface area (Å²) in [5.41, 5.74) is 3.40. The SMILES string of the molecule is Cn1cc(-c2cnn(CC[SH](=O)=O)c2)c(-c2ccccc2)cc1=O. The van der Waals surface area contributed by atoms with Gasteiger partial charge in [-0.25, -0.2) is 8.42 Å². The largest absolute Gasteiger partial charge is 0.318 e. The molecule has 0 aliphatic carbocycles. The van der Waals surface area contributed by atoms with Gasteiger partial charge in [0.15, 0.2) is 0 Å². The van der Waals surface area contributed by atoms with Crippen LogP contribution in [0.3, 0.4) is 0 Å². The van der Waals surface area contributed by atoms with Crippen LogP contribution in [0.2, 0.25) is 0 Å². The molecule has 3 aromatic rings. The third-order valence-corrected chi connectivity index (χ3v) is 4.33. The number of aromatic nitrogens is 3. The van der Waals surface area contributed by atoms with Crippen molar-refractivity contribution in [2.24, 2.45) is 7.05 Å². The van der Waals surface area contributed by atoms with Crippen molar-refractivity contribution in [3.05, 3.63) is 65.3 Å². The van der Waals surface area contributed by atoms with Gasteiger partial charge < -0.3 is 4.57 Å². The van der Waals surface area contributed by atoms with Gasteiger partial charge in [0.1, 0.15) is 10.7 Å². The molecule has 124 valence electrons. The summed E-state index contributed by atoms with van der Waals surface area (Å²) in [5, 5.41) is 4.21. The summed E-state index contributed by atoms with van der Waals surface area (Å²) in [4.78, 5) is 12.1. The van der Waals surface area contributed by atoms with Crippen molar-refractivity contribution in [2.75, 3.05) is 5.75 Å². The molecule has 0 atom stereocenters. The molecule has 24 heavy (non-hydrogen) atoms. The lowest BCUT2D eigenvalue weighted by Gasteiger charge is -2.10. The molecule has 2 heterocycles. The first kappa shape index (κ1) is 16.2. The summed E-state index contributed by atoms with van der Waals surface area (Å²) in [6, 6.07) is 11.3. The molecule has 0 radical (unpaired) electrons. The van der Waals surface area contributed by atoms with Crippen molar-refractivity contribution in [1.82, 2.24) is 14.3 Å². The van der Waals surface area contributed by atoms with Crippen LogP contribution in [-0.2, 0) is 24.3 Å². The number of thiol groups is 1. The summed E-state index contributed by atoms with van der Waals surface area (Å²) in [6.07, 6.45) is 5.26. The van der Waals surface area contributed by atoms with Crippen LogP contribution in [0.4, 0.5) is 0 Å². The highest BCUT2D eigenvalue weighted by atomic mass is 32.2. The molecule has 0 N–H and O–H groups in total. The van der Waals surface area contributed by atoms with Crippen molar-refractivity contribution >= 4 is 10.7 Å². The number of hydrogen-bond donors (Lipinski definition) is 1. The average Bonchev–Trinajstić information content (AvgIpc) is 3.05. The van der Waals surface area contributed by atoms with Crippen molar-refractivity contribution in [3.8, 4) is 22.3 Å². The van der Waals surface area contributed by atoms with Crippen molar-refractivity contribution in [1.29, 1.82) is 0 Å². The lowest BCUT2D eigenvalue weighted by molar-refractivity contribution is 0.598. The summed E-state index contributed by atoms with van der Waals surface area (Å²) in [6.45, 7) is 0.311. The van der Waals surface area contributed by atoms with Gasteiger partial charge in [-0.3, -0.25) is 9.48 Å². The van der Waals surface area contributed by atoms with Crippen LogP contribution in [0, 0.1) is 0 Å². The van der Waals surface area contributed by atoms with Gasteiger partial charge in [0.2, 0.25) is 0 Å². The highest BCUT2D eigenvalue weighted by molar-refractivity contribution is 7.72. The fourth-order valence-corrected chi connectivity index (χ4v) is 2.89. The Hall–Kier alpha value is -2.67. The molecule has 0 saturated carbocycles. The van der Waals surface area contributed by atoms with Crippen molar-refractivity contribution < 1.29 is 8.42 Å². The lowest BCUT2D eigenvalue weighted by Crippen LogP contribution is -2.15. The fraction of sp³-hybridized carbons (Fsp3) is 0.176. The van der Waals surface area contributed by atoms with E-state index >= 15 is 0 Å². The molecule has 0 bridgehead atoms. The Labute approximate surface area is 140 Å². The maximum Gasteiger partial charge on any atom is 0.250 e. The Morgan fingerprint density at radius 3 is 2.50 bits per heavy atom. The highest BCUT2D eigenvalue weighted by Gasteiger charge is 2.12. The van der Waals surface area contributed by atoms with E-state index < -0.39 is 10.7 Å². The van der Waals surface area contributed by atoms with Crippen LogP contribution < -0.4 is 5.56 Å². The molecule has 2 aromatic heterocycles. The fourth-order valence-electron chi connectivity index (χ4n) is 2.53. The van der Waals surface area contributed by atoms with Gasteiger partial charge in [0.25, 0.3) is 5.56 Å². The van der Waals surface area contributed by atoms with E-state index in [2.05, 4.69) is 5.10 Å². The zero-order valence-electron chi connectivity index (χ0n) is 13.1. The van der Waals surface area contributed by atoms with Gasteiger partial charge in [-0.15, -0.1) is 0 Å². The molecule has 3 rings (SSSR count). The van der Waals surface area contributed by atoms with Crippen LogP contribution in [0.1, 0.15) is 0 Å². The van der Waals surface area contributed by atoms with E-state index in [4.69, 9.17) is 0 Å². The van der Waals surface area contributed by atoms with E-state index in [0.717, 1.165) is 22.3 Å². The van der Waals surface area contributed by atoms with Crippen molar-refractivity contribution in [2.45, 2.75) is 6.54 Å². The number of rotatable bonds is 5. The van der Waals surface area contributed by atoms with Crippen LogP contribution >= 0.6 is 0 Å². The van der Waals surface area contributed by atoms with Gasteiger partial charge in [0.05, 0.1) is 18.5 Å². The smallest absolute Gasteiger partial charge is 0.250 e. The molecule has 6 nitrogen and oxygen atoms in total. The Bertz CT molecular complexity index is 980. The zero-order valence-corrected chi connectivity index (χ0v) is 14.0. The molecule has 0 fully saturated rings. The molecule has 0 unspecified atom stereocenters. The third kappa shape index (κ3) is 3.46. The van der Waals surface area contributed by atoms with Crippen LogP contribution in [0.5, 0.6) is 0 Å². The predicted molar refractivity (Wildman–Crippen MR) is 93.5 cm³/mol. The van der Waals surface area contributed by atoms with E-state index in [1.807, 2.05) is 30.3 Å². The van der Waals surface area contributed by atoms with Crippen LogP contribution in [0.25, 0.3) is 22.3 Å². The predicted octanol–water partition coefficient (Wildman–Crippen LogP) is 1.53. The summed E-state index contributed by atoms with van der Waals surface area (Å²) >= 11 is 0. The summed E-state index contributed by atoms with van der Waals surface area (Å²) < 4.78 is 24.6. The van der Waals surface area contributed by atoms with Gasteiger partial charge >= 0.3 is 0 Å². The standard InChI is InChI=1S/C17H17N3O3S/c1-19-12-16(14-10-18-20(11-14)7-8-24(22)23)15(9-17(19)21)13-5-3-2-4-6-13/h2-6,9-12,24H,7-8H2,1H3. The first-order chi connectivity index (χ1) is 11.5. The molecule has 0 saturated heterocycles. The number of aryl methyl sites for hydroxylation is 2. The zero-order chi connectivity index (χ0) is 17.1. The van der Waals surface area contributed by atoms with E-state index in [-0.39, 0.29) is 11.3 Å². The second kappa shape index (κ2) is 6.84. The molecule has 0 aliphatic rings. The Morgan fingerprint density at radius 1 is 1.04 bits per heavy atom. The quantitative estimate of drug-likeness (QED) is 0.713.